The third-order valence-corrected chi connectivity index (χ3v) is 6.24. The average molecular weight is 345 g/mol. The molecule has 0 unspecified atom stereocenters. The smallest absolute Gasteiger partial charge is 0.0561 e. The monoisotopic (exact) mass is 345 g/mol. The van der Waals surface area contributed by atoms with Gasteiger partial charge in [0.2, 0.25) is 0 Å². The lowest BCUT2D eigenvalue weighted by Crippen LogP contribution is -2.37. The largest absolute Gasteiger partial charge is 0.381 e. The van der Waals surface area contributed by atoms with Gasteiger partial charge in [-0.25, -0.2) is 0 Å². The third kappa shape index (κ3) is 4.25. The summed E-state index contributed by atoms with van der Waals surface area (Å²) in [6, 6.07) is 10.8. The minimum absolute atomic E-state index is 0.224. The highest BCUT2D eigenvalue weighted by Gasteiger charge is 2.50. The molecule has 138 valence electrons. The standard InChI is InChI=1S/C21H31NO3/c1-2-4-18(5-3-1)6-9-22-12-20-14-25-17-21(20,15-22)16-24-13-19-7-10-23-11-8-19/h1-5,19-20H,6-17H2/t20-,21-/m1/s1. The quantitative estimate of drug-likeness (QED) is 0.760. The second-order valence-corrected chi connectivity index (χ2v) is 8.12. The van der Waals surface area contributed by atoms with Crippen molar-refractivity contribution in [2.45, 2.75) is 19.3 Å². The van der Waals surface area contributed by atoms with Crippen LogP contribution in [0.4, 0.5) is 0 Å². The van der Waals surface area contributed by atoms with Crippen molar-refractivity contribution in [3.8, 4) is 0 Å². The van der Waals surface area contributed by atoms with Crippen molar-refractivity contribution >= 4 is 0 Å². The van der Waals surface area contributed by atoms with Crippen molar-refractivity contribution in [3.05, 3.63) is 35.9 Å². The van der Waals surface area contributed by atoms with E-state index in [9.17, 15) is 0 Å². The summed E-state index contributed by atoms with van der Waals surface area (Å²) in [5, 5.41) is 0. The molecule has 4 rings (SSSR count). The van der Waals surface area contributed by atoms with Gasteiger partial charge in [0, 0.05) is 50.8 Å². The summed E-state index contributed by atoms with van der Waals surface area (Å²) in [5.74, 6) is 1.32. The lowest BCUT2D eigenvalue weighted by Gasteiger charge is -2.29. The Morgan fingerprint density at radius 3 is 2.80 bits per heavy atom. The average Bonchev–Trinajstić information content (AvgIpc) is 3.18. The van der Waals surface area contributed by atoms with Crippen LogP contribution < -0.4 is 0 Å². The molecule has 0 spiro atoms. The predicted molar refractivity (Wildman–Crippen MR) is 97.7 cm³/mol. The van der Waals surface area contributed by atoms with E-state index in [0.717, 1.165) is 78.5 Å². The van der Waals surface area contributed by atoms with E-state index in [1.807, 2.05) is 0 Å². The Bertz CT molecular complexity index is 531. The van der Waals surface area contributed by atoms with Gasteiger partial charge >= 0.3 is 0 Å². The molecule has 3 fully saturated rings. The van der Waals surface area contributed by atoms with Crippen molar-refractivity contribution in [1.82, 2.24) is 4.90 Å². The van der Waals surface area contributed by atoms with E-state index in [4.69, 9.17) is 14.2 Å². The SMILES string of the molecule is c1ccc(CCN2C[C@@H]3COC[C@]3(COCC3CCOCC3)C2)cc1. The first kappa shape index (κ1) is 17.5. The Labute approximate surface area is 151 Å². The Kier molecular flexibility index (Phi) is 5.71. The minimum atomic E-state index is 0.224. The molecule has 4 heteroatoms. The molecule has 0 bridgehead atoms. The van der Waals surface area contributed by atoms with Crippen molar-refractivity contribution in [1.29, 1.82) is 0 Å². The van der Waals surface area contributed by atoms with Crippen LogP contribution in [0.1, 0.15) is 18.4 Å². The van der Waals surface area contributed by atoms with Gasteiger partial charge < -0.3 is 19.1 Å². The molecule has 2 atom stereocenters. The number of ether oxygens (including phenoxy) is 3. The Morgan fingerprint density at radius 2 is 1.96 bits per heavy atom. The summed E-state index contributed by atoms with van der Waals surface area (Å²) in [4.78, 5) is 2.62. The number of hydrogen-bond acceptors (Lipinski definition) is 4. The van der Waals surface area contributed by atoms with Crippen LogP contribution >= 0.6 is 0 Å². The number of fused-ring (bicyclic) bond motifs is 1. The number of benzene rings is 1. The molecular weight excluding hydrogens is 314 g/mol. The Hall–Kier alpha value is -0.940. The normalized spacial score (nSPS) is 30.6. The van der Waals surface area contributed by atoms with E-state index < -0.39 is 0 Å². The van der Waals surface area contributed by atoms with Crippen LogP contribution in [0.3, 0.4) is 0 Å². The first-order valence-electron chi connectivity index (χ1n) is 9.84. The zero-order chi connectivity index (χ0) is 17.0. The Balaban J connectivity index is 1.26. The molecule has 0 aromatic heterocycles. The summed E-state index contributed by atoms with van der Waals surface area (Å²) in [5.41, 5.74) is 1.66. The molecule has 3 aliphatic heterocycles. The molecule has 4 nitrogen and oxygen atoms in total. The van der Waals surface area contributed by atoms with E-state index in [1.165, 1.54) is 5.56 Å². The number of likely N-dealkylation sites (tertiary alicyclic amines) is 1. The fourth-order valence-corrected chi connectivity index (χ4v) is 4.59. The molecule has 25 heavy (non-hydrogen) atoms. The molecule has 1 aromatic carbocycles. The summed E-state index contributed by atoms with van der Waals surface area (Å²) in [7, 11) is 0. The van der Waals surface area contributed by atoms with Crippen molar-refractivity contribution in [2.75, 3.05) is 59.3 Å². The van der Waals surface area contributed by atoms with E-state index in [0.29, 0.717) is 11.8 Å². The predicted octanol–water partition coefficient (Wildman–Crippen LogP) is 2.62. The van der Waals surface area contributed by atoms with Gasteiger partial charge in [0.15, 0.2) is 0 Å². The summed E-state index contributed by atoms with van der Waals surface area (Å²) in [6.07, 6.45) is 3.43. The van der Waals surface area contributed by atoms with Gasteiger partial charge in [-0.05, 0) is 30.7 Å². The van der Waals surface area contributed by atoms with Gasteiger partial charge in [-0.2, -0.15) is 0 Å². The van der Waals surface area contributed by atoms with Crippen molar-refractivity contribution < 1.29 is 14.2 Å². The van der Waals surface area contributed by atoms with Crippen LogP contribution in [0.15, 0.2) is 30.3 Å². The highest BCUT2D eigenvalue weighted by Crippen LogP contribution is 2.41. The Morgan fingerprint density at radius 1 is 1.12 bits per heavy atom. The number of hydrogen-bond donors (Lipinski definition) is 0. The second kappa shape index (κ2) is 8.17. The third-order valence-electron chi connectivity index (χ3n) is 6.24. The lowest BCUT2D eigenvalue weighted by atomic mass is 9.82. The number of rotatable bonds is 7. The van der Waals surface area contributed by atoms with Crippen LogP contribution in [0.2, 0.25) is 0 Å². The first-order valence-corrected chi connectivity index (χ1v) is 9.84. The van der Waals surface area contributed by atoms with Crippen LogP contribution in [0, 0.1) is 17.3 Å². The second-order valence-electron chi connectivity index (χ2n) is 8.12. The molecule has 0 radical (unpaired) electrons. The fraction of sp³-hybridized carbons (Fsp3) is 0.714. The molecular formula is C21H31NO3. The number of nitrogens with zero attached hydrogens (tertiary/aromatic N) is 1. The van der Waals surface area contributed by atoms with Gasteiger partial charge in [-0.3, -0.25) is 0 Å². The van der Waals surface area contributed by atoms with E-state index in [-0.39, 0.29) is 5.41 Å². The lowest BCUT2D eigenvalue weighted by molar-refractivity contribution is -0.0154. The first-order chi connectivity index (χ1) is 12.3. The molecule has 3 heterocycles. The molecule has 0 N–H and O–H groups in total. The van der Waals surface area contributed by atoms with E-state index in [1.54, 1.807) is 0 Å². The van der Waals surface area contributed by atoms with Gasteiger partial charge in [-0.15, -0.1) is 0 Å². The van der Waals surface area contributed by atoms with Crippen LogP contribution in [0.5, 0.6) is 0 Å². The maximum Gasteiger partial charge on any atom is 0.0561 e. The molecule has 3 saturated heterocycles. The van der Waals surface area contributed by atoms with E-state index in [2.05, 4.69) is 35.2 Å². The van der Waals surface area contributed by atoms with Crippen LogP contribution in [0.25, 0.3) is 0 Å². The van der Waals surface area contributed by atoms with Gasteiger partial charge in [-0.1, -0.05) is 30.3 Å². The topological polar surface area (TPSA) is 30.9 Å². The van der Waals surface area contributed by atoms with Crippen molar-refractivity contribution in [2.24, 2.45) is 17.3 Å². The van der Waals surface area contributed by atoms with Gasteiger partial charge in [0.1, 0.15) is 0 Å². The zero-order valence-electron chi connectivity index (χ0n) is 15.2. The minimum Gasteiger partial charge on any atom is -0.381 e. The fourth-order valence-electron chi connectivity index (χ4n) is 4.59. The van der Waals surface area contributed by atoms with Crippen LogP contribution in [-0.4, -0.2) is 64.2 Å². The molecule has 0 amide bonds. The van der Waals surface area contributed by atoms with Gasteiger partial charge in [0.25, 0.3) is 0 Å². The molecule has 3 aliphatic rings. The molecule has 0 aliphatic carbocycles. The highest BCUT2D eigenvalue weighted by molar-refractivity contribution is 5.15. The molecule has 1 aromatic rings. The molecule has 0 saturated carbocycles. The maximum atomic E-state index is 6.21. The highest BCUT2D eigenvalue weighted by atomic mass is 16.5. The zero-order valence-corrected chi connectivity index (χ0v) is 15.2. The van der Waals surface area contributed by atoms with Crippen LogP contribution in [-0.2, 0) is 20.6 Å². The summed E-state index contributed by atoms with van der Waals surface area (Å²) >= 11 is 0. The van der Waals surface area contributed by atoms with Gasteiger partial charge in [0.05, 0.1) is 19.8 Å². The maximum absolute atomic E-state index is 6.21. The van der Waals surface area contributed by atoms with Crippen molar-refractivity contribution in [3.63, 3.8) is 0 Å². The summed E-state index contributed by atoms with van der Waals surface area (Å²) in [6.45, 7) is 8.75. The summed E-state index contributed by atoms with van der Waals surface area (Å²) < 4.78 is 17.5. The van der Waals surface area contributed by atoms with E-state index >= 15 is 0 Å².